The molecule has 0 aromatic heterocycles. The van der Waals surface area contributed by atoms with Crippen LogP contribution in [0.15, 0.2) is 18.2 Å². The molecule has 1 aliphatic heterocycles. The van der Waals surface area contributed by atoms with E-state index in [1.807, 2.05) is 6.07 Å². The van der Waals surface area contributed by atoms with Gasteiger partial charge in [0.1, 0.15) is 0 Å². The molecule has 2 rings (SSSR count). The molecule has 4 heteroatoms. The van der Waals surface area contributed by atoms with Crippen LogP contribution in [0.2, 0.25) is 0 Å². The van der Waals surface area contributed by atoms with Gasteiger partial charge < -0.3 is 15.2 Å². The van der Waals surface area contributed by atoms with Gasteiger partial charge in [-0.3, -0.25) is 4.90 Å². The number of aromatic hydroxyl groups is 1. The average molecular weight is 278 g/mol. The predicted octanol–water partition coefficient (Wildman–Crippen LogP) is 2.36. The molecule has 0 radical (unpaired) electrons. The zero-order chi connectivity index (χ0) is 14.4. The molecule has 20 heavy (non-hydrogen) atoms. The molecule has 0 aliphatic carbocycles. The number of piperidine rings is 1. The molecule has 1 unspecified atom stereocenters. The van der Waals surface area contributed by atoms with Crippen LogP contribution in [0.3, 0.4) is 0 Å². The van der Waals surface area contributed by atoms with Crippen LogP contribution in [0.5, 0.6) is 11.5 Å². The molecule has 1 heterocycles. The van der Waals surface area contributed by atoms with E-state index in [0.717, 1.165) is 18.7 Å². The molecule has 0 spiro atoms. The second-order valence-corrected chi connectivity index (χ2v) is 5.58. The Morgan fingerprint density at radius 2 is 2.05 bits per heavy atom. The number of rotatable bonds is 6. The first kappa shape index (κ1) is 15.1. The number of nitrogens with zero attached hydrogens (tertiary/aromatic N) is 1. The third-order valence-corrected chi connectivity index (χ3v) is 4.03. The summed E-state index contributed by atoms with van der Waals surface area (Å²) in [7, 11) is 1.56. The lowest BCUT2D eigenvalue weighted by atomic mass is 10.1. The number of phenolic OH excluding ortho intramolecular Hbond substituents is 1. The van der Waals surface area contributed by atoms with Gasteiger partial charge in [-0.05, 0) is 50.6 Å². The summed E-state index contributed by atoms with van der Waals surface area (Å²) in [5.41, 5.74) is 1.08. The maximum atomic E-state index is 9.74. The van der Waals surface area contributed by atoms with Crippen molar-refractivity contribution in [3.8, 4) is 11.5 Å². The van der Waals surface area contributed by atoms with Crippen molar-refractivity contribution < 1.29 is 9.84 Å². The Balaban J connectivity index is 1.76. The summed E-state index contributed by atoms with van der Waals surface area (Å²) in [5.74, 6) is 0.728. The van der Waals surface area contributed by atoms with Crippen molar-refractivity contribution in [3.05, 3.63) is 23.8 Å². The minimum Gasteiger partial charge on any atom is -0.504 e. The molecule has 1 aromatic rings. The number of likely N-dealkylation sites (tertiary alicyclic amines) is 1. The van der Waals surface area contributed by atoms with Gasteiger partial charge in [0.05, 0.1) is 7.11 Å². The van der Waals surface area contributed by atoms with Crippen molar-refractivity contribution in [1.29, 1.82) is 0 Å². The molecule has 0 amide bonds. The Hall–Kier alpha value is -1.26. The molecule has 0 saturated carbocycles. The quantitative estimate of drug-likeness (QED) is 0.838. The third-order valence-electron chi connectivity index (χ3n) is 4.03. The first-order chi connectivity index (χ1) is 9.70. The molecule has 112 valence electrons. The van der Waals surface area contributed by atoms with Crippen LogP contribution in [0.1, 0.15) is 31.7 Å². The molecule has 4 nitrogen and oxygen atoms in total. The first-order valence-electron chi connectivity index (χ1n) is 7.51. The number of benzene rings is 1. The van der Waals surface area contributed by atoms with Crippen molar-refractivity contribution in [2.45, 2.75) is 38.8 Å². The smallest absolute Gasteiger partial charge is 0.160 e. The zero-order valence-corrected chi connectivity index (χ0v) is 12.6. The van der Waals surface area contributed by atoms with Crippen molar-refractivity contribution in [2.75, 3.05) is 26.7 Å². The van der Waals surface area contributed by atoms with E-state index >= 15 is 0 Å². The van der Waals surface area contributed by atoms with Crippen LogP contribution in [0.25, 0.3) is 0 Å². The summed E-state index contributed by atoms with van der Waals surface area (Å²) in [5, 5.41) is 13.2. The topological polar surface area (TPSA) is 44.7 Å². The normalized spacial score (nSPS) is 17.9. The predicted molar refractivity (Wildman–Crippen MR) is 81.3 cm³/mol. The van der Waals surface area contributed by atoms with Gasteiger partial charge in [0, 0.05) is 19.1 Å². The highest BCUT2D eigenvalue weighted by molar-refractivity contribution is 5.41. The van der Waals surface area contributed by atoms with Gasteiger partial charge in [-0.15, -0.1) is 0 Å². The van der Waals surface area contributed by atoms with Gasteiger partial charge >= 0.3 is 0 Å². The standard InChI is InChI=1S/C16H26N2O2/c1-13(18-8-4-3-5-9-18)11-17-12-14-6-7-16(20-2)15(19)10-14/h6-7,10,13,17,19H,3-5,8-9,11-12H2,1-2H3. The van der Waals surface area contributed by atoms with Crippen LogP contribution in [0, 0.1) is 0 Å². The fraction of sp³-hybridized carbons (Fsp3) is 0.625. The Kier molecular flexibility index (Phi) is 5.68. The van der Waals surface area contributed by atoms with Crippen LogP contribution in [-0.2, 0) is 6.54 Å². The van der Waals surface area contributed by atoms with Crippen molar-refractivity contribution in [1.82, 2.24) is 10.2 Å². The Morgan fingerprint density at radius 3 is 2.70 bits per heavy atom. The molecule has 1 aromatic carbocycles. The minimum atomic E-state index is 0.205. The van der Waals surface area contributed by atoms with Gasteiger partial charge in [0.2, 0.25) is 0 Å². The SMILES string of the molecule is COc1ccc(CNCC(C)N2CCCCC2)cc1O. The van der Waals surface area contributed by atoms with Crippen LogP contribution in [0.4, 0.5) is 0 Å². The highest BCUT2D eigenvalue weighted by Gasteiger charge is 2.15. The maximum absolute atomic E-state index is 9.74. The summed E-state index contributed by atoms with van der Waals surface area (Å²) >= 11 is 0. The van der Waals surface area contributed by atoms with Gasteiger partial charge in [-0.1, -0.05) is 12.5 Å². The second kappa shape index (κ2) is 7.50. The summed E-state index contributed by atoms with van der Waals surface area (Å²) in [6, 6.07) is 6.12. The van der Waals surface area contributed by atoms with E-state index in [2.05, 4.69) is 17.1 Å². The first-order valence-corrected chi connectivity index (χ1v) is 7.51. The number of hydrogen-bond acceptors (Lipinski definition) is 4. The van der Waals surface area contributed by atoms with Crippen LogP contribution in [-0.4, -0.2) is 42.8 Å². The monoisotopic (exact) mass is 278 g/mol. The second-order valence-electron chi connectivity index (χ2n) is 5.58. The van der Waals surface area contributed by atoms with Gasteiger partial charge in [0.15, 0.2) is 11.5 Å². The van der Waals surface area contributed by atoms with E-state index in [1.54, 1.807) is 19.2 Å². The van der Waals surface area contributed by atoms with Gasteiger partial charge in [0.25, 0.3) is 0 Å². The van der Waals surface area contributed by atoms with Gasteiger partial charge in [-0.25, -0.2) is 0 Å². The summed E-state index contributed by atoms with van der Waals surface area (Å²) in [6.07, 6.45) is 4.04. The molecule has 2 N–H and O–H groups in total. The maximum Gasteiger partial charge on any atom is 0.160 e. The van der Waals surface area contributed by atoms with E-state index in [0.29, 0.717) is 11.8 Å². The Labute approximate surface area is 121 Å². The lowest BCUT2D eigenvalue weighted by molar-refractivity contribution is 0.170. The van der Waals surface area contributed by atoms with Crippen molar-refractivity contribution in [3.63, 3.8) is 0 Å². The summed E-state index contributed by atoms with van der Waals surface area (Å²) in [6.45, 7) is 6.49. The fourth-order valence-electron chi connectivity index (χ4n) is 2.76. The molecule has 1 fully saturated rings. The number of phenols is 1. The van der Waals surface area contributed by atoms with E-state index in [1.165, 1.54) is 32.4 Å². The molecule has 1 saturated heterocycles. The fourth-order valence-corrected chi connectivity index (χ4v) is 2.76. The van der Waals surface area contributed by atoms with E-state index in [4.69, 9.17) is 4.74 Å². The Bertz CT molecular complexity index is 417. The van der Waals surface area contributed by atoms with E-state index < -0.39 is 0 Å². The summed E-state index contributed by atoms with van der Waals surface area (Å²) < 4.78 is 5.04. The highest BCUT2D eigenvalue weighted by Crippen LogP contribution is 2.26. The highest BCUT2D eigenvalue weighted by atomic mass is 16.5. The Morgan fingerprint density at radius 1 is 1.30 bits per heavy atom. The lowest BCUT2D eigenvalue weighted by Crippen LogP contribution is -2.42. The third kappa shape index (κ3) is 4.12. The largest absolute Gasteiger partial charge is 0.504 e. The molecular formula is C16H26N2O2. The molecule has 1 aliphatic rings. The zero-order valence-electron chi connectivity index (χ0n) is 12.6. The number of ether oxygens (including phenoxy) is 1. The average Bonchev–Trinajstić information content (AvgIpc) is 2.48. The van der Waals surface area contributed by atoms with E-state index in [-0.39, 0.29) is 5.75 Å². The van der Waals surface area contributed by atoms with Crippen LogP contribution >= 0.6 is 0 Å². The molecular weight excluding hydrogens is 252 g/mol. The van der Waals surface area contributed by atoms with Crippen molar-refractivity contribution >= 4 is 0 Å². The molecule has 1 atom stereocenters. The molecule has 0 bridgehead atoms. The van der Waals surface area contributed by atoms with Crippen molar-refractivity contribution in [2.24, 2.45) is 0 Å². The number of nitrogens with one attached hydrogen (secondary N) is 1. The number of methoxy groups -OCH3 is 1. The minimum absolute atomic E-state index is 0.205. The van der Waals surface area contributed by atoms with Crippen LogP contribution < -0.4 is 10.1 Å². The number of hydrogen-bond donors (Lipinski definition) is 2. The lowest BCUT2D eigenvalue weighted by Gasteiger charge is -2.32. The van der Waals surface area contributed by atoms with E-state index in [9.17, 15) is 5.11 Å². The van der Waals surface area contributed by atoms with Gasteiger partial charge in [-0.2, -0.15) is 0 Å². The summed E-state index contributed by atoms with van der Waals surface area (Å²) in [4.78, 5) is 2.56.